The zero-order valence-electron chi connectivity index (χ0n) is 11.1. The number of fused-ring (bicyclic) bond motifs is 1. The molecule has 0 amide bonds. The van der Waals surface area contributed by atoms with E-state index in [9.17, 15) is 14.9 Å². The molecular weight excluding hydrogens is 280 g/mol. The first kappa shape index (κ1) is 14.6. The summed E-state index contributed by atoms with van der Waals surface area (Å²) in [4.78, 5) is 21.6. The second-order valence-corrected chi connectivity index (χ2v) is 4.33. The smallest absolute Gasteiger partial charge is 0.326 e. The molecule has 2 rings (SSSR count). The number of rotatable bonds is 6. The SMILES string of the molecule is C=CCC(Nc1cc2c(cc1[N+](=O)[O-])OCCO2)C(=O)O. The lowest BCUT2D eigenvalue weighted by Gasteiger charge is -2.20. The van der Waals surface area contributed by atoms with Gasteiger partial charge in [-0.15, -0.1) is 6.58 Å². The van der Waals surface area contributed by atoms with Crippen molar-refractivity contribution in [3.05, 3.63) is 34.9 Å². The number of carboxylic acid groups (broad SMARTS) is 1. The quantitative estimate of drug-likeness (QED) is 0.467. The molecule has 1 aromatic carbocycles. The number of nitrogens with one attached hydrogen (secondary N) is 1. The molecule has 1 heterocycles. The number of carboxylic acids is 1. The molecule has 8 nitrogen and oxygen atoms in total. The normalized spacial score (nSPS) is 14.1. The minimum Gasteiger partial charge on any atom is -0.486 e. The molecule has 1 atom stereocenters. The first-order valence-electron chi connectivity index (χ1n) is 6.21. The van der Waals surface area contributed by atoms with E-state index in [2.05, 4.69) is 11.9 Å². The van der Waals surface area contributed by atoms with Crippen molar-refractivity contribution in [3.8, 4) is 11.5 Å². The van der Waals surface area contributed by atoms with Gasteiger partial charge in [0.05, 0.1) is 11.0 Å². The van der Waals surface area contributed by atoms with Gasteiger partial charge in [-0.3, -0.25) is 10.1 Å². The van der Waals surface area contributed by atoms with E-state index < -0.39 is 16.9 Å². The third kappa shape index (κ3) is 3.22. The van der Waals surface area contributed by atoms with Gasteiger partial charge >= 0.3 is 5.97 Å². The Hall–Kier alpha value is -2.77. The van der Waals surface area contributed by atoms with Crippen LogP contribution < -0.4 is 14.8 Å². The summed E-state index contributed by atoms with van der Waals surface area (Å²) in [5, 5.41) is 22.8. The number of hydrogen-bond donors (Lipinski definition) is 2. The average molecular weight is 294 g/mol. The summed E-state index contributed by atoms with van der Waals surface area (Å²) in [5.74, 6) is -0.509. The van der Waals surface area contributed by atoms with E-state index in [-0.39, 0.29) is 23.5 Å². The predicted molar refractivity (Wildman–Crippen MR) is 73.9 cm³/mol. The van der Waals surface area contributed by atoms with E-state index in [4.69, 9.17) is 14.6 Å². The largest absolute Gasteiger partial charge is 0.486 e. The predicted octanol–water partition coefficient (Wildman–Crippen LogP) is 1.81. The van der Waals surface area contributed by atoms with Gasteiger partial charge in [0.25, 0.3) is 5.69 Å². The van der Waals surface area contributed by atoms with Crippen LogP contribution in [0.15, 0.2) is 24.8 Å². The Labute approximate surface area is 120 Å². The van der Waals surface area contributed by atoms with Gasteiger partial charge in [0.2, 0.25) is 0 Å². The number of hydrogen-bond acceptors (Lipinski definition) is 6. The number of carbonyl (C=O) groups is 1. The molecule has 1 aliphatic rings. The zero-order chi connectivity index (χ0) is 15.4. The maximum absolute atomic E-state index is 11.1. The highest BCUT2D eigenvalue weighted by atomic mass is 16.6. The van der Waals surface area contributed by atoms with Crippen LogP contribution in [0.25, 0.3) is 0 Å². The molecule has 1 aromatic rings. The molecule has 112 valence electrons. The Bertz CT molecular complexity index is 586. The van der Waals surface area contributed by atoms with Crippen molar-refractivity contribution in [1.29, 1.82) is 0 Å². The van der Waals surface area contributed by atoms with Crippen LogP contribution in [0, 0.1) is 10.1 Å². The number of anilines is 1. The Morgan fingerprint density at radius 2 is 2.10 bits per heavy atom. The van der Waals surface area contributed by atoms with Crippen molar-refractivity contribution < 1.29 is 24.3 Å². The highest BCUT2D eigenvalue weighted by Gasteiger charge is 2.25. The van der Waals surface area contributed by atoms with Crippen molar-refractivity contribution in [2.45, 2.75) is 12.5 Å². The standard InChI is InChI=1S/C13H14N2O6/c1-2-3-8(13(16)17)14-9-6-11-12(21-5-4-20-11)7-10(9)15(18)19/h2,6-8,14H,1,3-5H2,(H,16,17). The number of ether oxygens (including phenoxy) is 2. The number of nitro groups is 1. The van der Waals surface area contributed by atoms with E-state index in [1.165, 1.54) is 18.2 Å². The molecule has 0 bridgehead atoms. The van der Waals surface area contributed by atoms with Gasteiger partial charge in [-0.1, -0.05) is 6.08 Å². The summed E-state index contributed by atoms with van der Waals surface area (Å²) >= 11 is 0. The summed E-state index contributed by atoms with van der Waals surface area (Å²) in [6.45, 7) is 4.11. The summed E-state index contributed by atoms with van der Waals surface area (Å²) < 4.78 is 10.6. The fourth-order valence-corrected chi connectivity index (χ4v) is 1.92. The van der Waals surface area contributed by atoms with Crippen LogP contribution in [0.1, 0.15) is 6.42 Å². The topological polar surface area (TPSA) is 111 Å². The van der Waals surface area contributed by atoms with Crippen LogP contribution in [0.2, 0.25) is 0 Å². The third-order valence-corrected chi connectivity index (χ3v) is 2.89. The maximum Gasteiger partial charge on any atom is 0.326 e. The van der Waals surface area contributed by atoms with E-state index in [1.54, 1.807) is 0 Å². The van der Waals surface area contributed by atoms with Gasteiger partial charge in [0, 0.05) is 6.07 Å². The number of nitrogens with zero attached hydrogens (tertiary/aromatic N) is 1. The molecule has 0 spiro atoms. The van der Waals surface area contributed by atoms with E-state index >= 15 is 0 Å². The highest BCUT2D eigenvalue weighted by molar-refractivity contribution is 5.80. The Balaban J connectivity index is 2.38. The second kappa shape index (κ2) is 6.12. The van der Waals surface area contributed by atoms with Crippen LogP contribution in [0.3, 0.4) is 0 Å². The monoisotopic (exact) mass is 294 g/mol. The van der Waals surface area contributed by atoms with Crippen molar-refractivity contribution in [2.75, 3.05) is 18.5 Å². The lowest BCUT2D eigenvalue weighted by atomic mass is 10.1. The number of aliphatic carboxylic acids is 1. The molecule has 0 aromatic heterocycles. The van der Waals surface area contributed by atoms with E-state index in [1.807, 2.05) is 0 Å². The molecule has 0 radical (unpaired) electrons. The first-order chi connectivity index (χ1) is 10.0. The van der Waals surface area contributed by atoms with Gasteiger partial charge in [0.15, 0.2) is 11.5 Å². The van der Waals surface area contributed by atoms with Gasteiger partial charge in [-0.2, -0.15) is 0 Å². The van der Waals surface area contributed by atoms with Crippen LogP contribution >= 0.6 is 0 Å². The summed E-state index contributed by atoms with van der Waals surface area (Å²) in [7, 11) is 0. The molecule has 1 aliphatic heterocycles. The fourth-order valence-electron chi connectivity index (χ4n) is 1.92. The molecule has 1 unspecified atom stereocenters. The molecular formula is C13H14N2O6. The summed E-state index contributed by atoms with van der Waals surface area (Å²) in [5.41, 5.74) is -0.201. The lowest BCUT2D eigenvalue weighted by molar-refractivity contribution is -0.384. The molecule has 0 aliphatic carbocycles. The van der Waals surface area contributed by atoms with Gasteiger partial charge in [0.1, 0.15) is 24.9 Å². The molecule has 0 fully saturated rings. The molecule has 21 heavy (non-hydrogen) atoms. The van der Waals surface area contributed by atoms with Crippen LogP contribution in [-0.2, 0) is 4.79 Å². The van der Waals surface area contributed by atoms with Crippen molar-refractivity contribution in [2.24, 2.45) is 0 Å². The van der Waals surface area contributed by atoms with Crippen molar-refractivity contribution in [1.82, 2.24) is 0 Å². The van der Waals surface area contributed by atoms with Crippen LogP contribution in [-0.4, -0.2) is 35.3 Å². The minimum absolute atomic E-state index is 0.0681. The Kier molecular flexibility index (Phi) is 4.27. The number of nitro benzene ring substituents is 1. The van der Waals surface area contributed by atoms with Gasteiger partial charge in [-0.05, 0) is 6.42 Å². The zero-order valence-corrected chi connectivity index (χ0v) is 11.1. The third-order valence-electron chi connectivity index (χ3n) is 2.89. The van der Waals surface area contributed by atoms with Crippen LogP contribution in [0.5, 0.6) is 11.5 Å². The molecule has 8 heteroatoms. The maximum atomic E-state index is 11.1. The minimum atomic E-state index is -1.13. The van der Waals surface area contributed by atoms with Gasteiger partial charge < -0.3 is 19.9 Å². The summed E-state index contributed by atoms with van der Waals surface area (Å²) in [6, 6.07) is 1.60. The highest BCUT2D eigenvalue weighted by Crippen LogP contribution is 2.39. The van der Waals surface area contributed by atoms with Gasteiger partial charge in [-0.25, -0.2) is 4.79 Å². The number of benzene rings is 1. The fraction of sp³-hybridized carbons (Fsp3) is 0.308. The Morgan fingerprint density at radius 3 is 2.62 bits per heavy atom. The molecule has 0 saturated heterocycles. The van der Waals surface area contributed by atoms with Crippen molar-refractivity contribution in [3.63, 3.8) is 0 Å². The second-order valence-electron chi connectivity index (χ2n) is 4.33. The average Bonchev–Trinajstić information content (AvgIpc) is 2.45. The molecule has 2 N–H and O–H groups in total. The van der Waals surface area contributed by atoms with E-state index in [0.717, 1.165) is 0 Å². The van der Waals surface area contributed by atoms with Crippen molar-refractivity contribution >= 4 is 17.3 Å². The Morgan fingerprint density at radius 1 is 1.48 bits per heavy atom. The molecule has 0 saturated carbocycles. The van der Waals surface area contributed by atoms with Crippen LogP contribution in [0.4, 0.5) is 11.4 Å². The lowest BCUT2D eigenvalue weighted by Crippen LogP contribution is -2.29. The summed E-state index contributed by atoms with van der Waals surface area (Å²) in [6.07, 6.45) is 1.55. The van der Waals surface area contributed by atoms with E-state index in [0.29, 0.717) is 19.0 Å². The first-order valence-corrected chi connectivity index (χ1v) is 6.21.